The molecule has 0 aliphatic rings. The standard InChI is InChI=1S/C11H11N5O2S2/c1-7-12-8(6-20-7)5-14(2)9-10(16(17)18)15-3-4-19-11(15)13-9/h3-4,6H,5H2,1-2H3. The van der Waals surface area contributed by atoms with Gasteiger partial charge in [0.25, 0.3) is 4.96 Å². The molecule has 0 atom stereocenters. The van der Waals surface area contributed by atoms with E-state index in [0.29, 0.717) is 17.3 Å². The van der Waals surface area contributed by atoms with Gasteiger partial charge in [-0.2, -0.15) is 9.38 Å². The fourth-order valence-electron chi connectivity index (χ4n) is 1.99. The Labute approximate surface area is 122 Å². The number of anilines is 1. The van der Waals surface area contributed by atoms with Gasteiger partial charge in [-0.05, 0) is 11.8 Å². The molecule has 0 fully saturated rings. The van der Waals surface area contributed by atoms with E-state index in [0.717, 1.165) is 10.7 Å². The predicted molar refractivity (Wildman–Crippen MR) is 78.7 cm³/mol. The van der Waals surface area contributed by atoms with Crippen LogP contribution in [0.2, 0.25) is 0 Å². The molecule has 7 nitrogen and oxygen atoms in total. The molecule has 3 aromatic rings. The minimum Gasteiger partial charge on any atom is -0.358 e. The fraction of sp³-hybridized carbons (Fsp3) is 0.273. The van der Waals surface area contributed by atoms with Crippen LogP contribution in [-0.2, 0) is 6.54 Å². The van der Waals surface area contributed by atoms with E-state index in [1.807, 2.05) is 12.3 Å². The van der Waals surface area contributed by atoms with Crippen molar-refractivity contribution in [1.82, 2.24) is 14.4 Å². The van der Waals surface area contributed by atoms with Gasteiger partial charge in [-0.3, -0.25) is 0 Å². The van der Waals surface area contributed by atoms with Crippen LogP contribution < -0.4 is 4.90 Å². The predicted octanol–water partition coefficient (Wildman–Crippen LogP) is 2.71. The summed E-state index contributed by atoms with van der Waals surface area (Å²) in [6.07, 6.45) is 1.66. The smallest absolute Gasteiger partial charge is 0.358 e. The normalized spacial score (nSPS) is 11.1. The lowest BCUT2D eigenvalue weighted by Crippen LogP contribution is -2.18. The average Bonchev–Trinajstić information content (AvgIpc) is 3.02. The van der Waals surface area contributed by atoms with E-state index in [2.05, 4.69) is 9.97 Å². The van der Waals surface area contributed by atoms with Crippen molar-refractivity contribution in [2.24, 2.45) is 0 Å². The summed E-state index contributed by atoms with van der Waals surface area (Å²) in [4.78, 5) is 21.9. The summed E-state index contributed by atoms with van der Waals surface area (Å²) in [5.74, 6) is 0.364. The minimum atomic E-state index is -0.398. The topological polar surface area (TPSA) is 76.6 Å². The van der Waals surface area contributed by atoms with E-state index >= 15 is 0 Å². The summed E-state index contributed by atoms with van der Waals surface area (Å²) in [6, 6.07) is 0. The molecule has 104 valence electrons. The number of aryl methyl sites for hydroxylation is 1. The second-order valence-electron chi connectivity index (χ2n) is 4.29. The van der Waals surface area contributed by atoms with Gasteiger partial charge in [0.2, 0.25) is 5.82 Å². The number of hydrogen-bond donors (Lipinski definition) is 0. The van der Waals surface area contributed by atoms with Crippen LogP contribution in [0.5, 0.6) is 0 Å². The Balaban J connectivity index is 1.98. The van der Waals surface area contributed by atoms with Crippen LogP contribution in [0.3, 0.4) is 0 Å². The first-order chi connectivity index (χ1) is 9.56. The highest BCUT2D eigenvalue weighted by molar-refractivity contribution is 7.15. The van der Waals surface area contributed by atoms with Crippen molar-refractivity contribution < 1.29 is 4.92 Å². The van der Waals surface area contributed by atoms with E-state index in [4.69, 9.17) is 0 Å². The number of imidazole rings is 1. The van der Waals surface area contributed by atoms with Gasteiger partial charge >= 0.3 is 5.82 Å². The number of aromatic nitrogens is 3. The lowest BCUT2D eigenvalue weighted by Gasteiger charge is -2.14. The number of hydrogen-bond acceptors (Lipinski definition) is 7. The molecule has 0 spiro atoms. The number of thiazole rings is 2. The van der Waals surface area contributed by atoms with Crippen molar-refractivity contribution in [3.63, 3.8) is 0 Å². The maximum atomic E-state index is 11.3. The van der Waals surface area contributed by atoms with Gasteiger partial charge in [0.15, 0.2) is 0 Å². The Morgan fingerprint density at radius 2 is 2.25 bits per heavy atom. The second-order valence-corrected chi connectivity index (χ2v) is 6.22. The van der Waals surface area contributed by atoms with Gasteiger partial charge in [0, 0.05) is 17.8 Å². The monoisotopic (exact) mass is 309 g/mol. The molecule has 3 aromatic heterocycles. The third-order valence-corrected chi connectivity index (χ3v) is 4.40. The summed E-state index contributed by atoms with van der Waals surface area (Å²) in [7, 11) is 1.79. The van der Waals surface area contributed by atoms with Crippen LogP contribution in [0.4, 0.5) is 11.6 Å². The van der Waals surface area contributed by atoms with E-state index in [1.165, 1.54) is 15.7 Å². The Morgan fingerprint density at radius 1 is 1.45 bits per heavy atom. The van der Waals surface area contributed by atoms with E-state index < -0.39 is 4.92 Å². The molecule has 0 amide bonds. The van der Waals surface area contributed by atoms with Crippen LogP contribution in [0, 0.1) is 17.0 Å². The lowest BCUT2D eigenvalue weighted by atomic mass is 10.4. The van der Waals surface area contributed by atoms with Gasteiger partial charge in [0.05, 0.1) is 17.2 Å². The molecule has 0 saturated heterocycles. The maximum Gasteiger partial charge on any atom is 0.373 e. The van der Waals surface area contributed by atoms with Gasteiger partial charge in [-0.25, -0.2) is 4.98 Å². The van der Waals surface area contributed by atoms with Gasteiger partial charge in [-0.15, -0.1) is 11.3 Å². The summed E-state index contributed by atoms with van der Waals surface area (Å²) in [5, 5.41) is 16.0. The van der Waals surface area contributed by atoms with Crippen molar-refractivity contribution in [1.29, 1.82) is 0 Å². The Hall–Kier alpha value is -2.00. The van der Waals surface area contributed by atoms with E-state index in [9.17, 15) is 10.1 Å². The lowest BCUT2D eigenvalue weighted by molar-refractivity contribution is -0.389. The first kappa shape index (κ1) is 13.0. The van der Waals surface area contributed by atoms with Gasteiger partial charge in [-0.1, -0.05) is 11.3 Å². The van der Waals surface area contributed by atoms with Crippen LogP contribution in [0.25, 0.3) is 4.96 Å². The summed E-state index contributed by atoms with van der Waals surface area (Å²) in [5.41, 5.74) is 0.889. The first-order valence-corrected chi connectivity index (χ1v) is 7.54. The van der Waals surface area contributed by atoms with E-state index in [-0.39, 0.29) is 5.82 Å². The van der Waals surface area contributed by atoms with Crippen LogP contribution in [0.1, 0.15) is 10.7 Å². The van der Waals surface area contributed by atoms with Gasteiger partial charge < -0.3 is 15.0 Å². The van der Waals surface area contributed by atoms with Crippen LogP contribution >= 0.6 is 22.7 Å². The summed E-state index contributed by atoms with van der Waals surface area (Å²) in [6.45, 7) is 2.43. The zero-order chi connectivity index (χ0) is 14.3. The zero-order valence-electron chi connectivity index (χ0n) is 10.8. The highest BCUT2D eigenvalue weighted by Gasteiger charge is 2.26. The molecule has 3 heterocycles. The number of nitro groups is 1. The van der Waals surface area contributed by atoms with Crippen molar-refractivity contribution in [2.75, 3.05) is 11.9 Å². The molecule has 0 aliphatic carbocycles. The Morgan fingerprint density at radius 3 is 2.90 bits per heavy atom. The van der Waals surface area contributed by atoms with E-state index in [1.54, 1.807) is 34.9 Å². The molecule has 9 heteroatoms. The second kappa shape index (κ2) is 4.84. The van der Waals surface area contributed by atoms with Gasteiger partial charge in [0.1, 0.15) is 6.20 Å². The molecule has 0 bridgehead atoms. The minimum absolute atomic E-state index is 0.00398. The van der Waals surface area contributed by atoms with Crippen molar-refractivity contribution >= 4 is 39.3 Å². The molecule has 3 rings (SSSR count). The summed E-state index contributed by atoms with van der Waals surface area (Å²) >= 11 is 2.94. The van der Waals surface area contributed by atoms with Crippen molar-refractivity contribution in [3.8, 4) is 0 Å². The zero-order valence-corrected chi connectivity index (χ0v) is 12.4. The molecule has 0 aliphatic heterocycles. The summed E-state index contributed by atoms with van der Waals surface area (Å²) < 4.78 is 1.50. The molecular weight excluding hydrogens is 298 g/mol. The maximum absolute atomic E-state index is 11.3. The number of rotatable bonds is 4. The first-order valence-electron chi connectivity index (χ1n) is 5.78. The molecule has 0 unspecified atom stereocenters. The number of nitrogens with zero attached hydrogens (tertiary/aromatic N) is 5. The van der Waals surface area contributed by atoms with Crippen LogP contribution in [0.15, 0.2) is 17.0 Å². The van der Waals surface area contributed by atoms with Crippen LogP contribution in [-0.4, -0.2) is 26.3 Å². The Kier molecular flexibility index (Phi) is 3.14. The molecular formula is C11H11N5O2S2. The molecule has 0 radical (unpaired) electrons. The molecule has 0 aromatic carbocycles. The third kappa shape index (κ3) is 2.14. The largest absolute Gasteiger partial charge is 0.373 e. The Bertz CT molecular complexity index is 775. The average molecular weight is 309 g/mol. The SMILES string of the molecule is Cc1nc(CN(C)c2nc3sccn3c2[N+](=O)[O-])cs1. The fourth-order valence-corrected chi connectivity index (χ4v) is 3.29. The number of fused-ring (bicyclic) bond motifs is 1. The quantitative estimate of drug-likeness (QED) is 0.547. The third-order valence-electron chi connectivity index (χ3n) is 2.82. The van der Waals surface area contributed by atoms with Crippen molar-refractivity contribution in [3.05, 3.63) is 37.8 Å². The molecule has 0 N–H and O–H groups in total. The highest BCUT2D eigenvalue weighted by atomic mass is 32.1. The highest BCUT2D eigenvalue weighted by Crippen LogP contribution is 2.31. The van der Waals surface area contributed by atoms with Crippen molar-refractivity contribution in [2.45, 2.75) is 13.5 Å². The molecule has 20 heavy (non-hydrogen) atoms. The molecule has 0 saturated carbocycles.